The SMILES string of the molecule is C=C/C=C(\C=C)c1cc2c(C#N)nccc2nc1Cl. The predicted molar refractivity (Wildman–Crippen MR) is 77.6 cm³/mol. The zero-order valence-electron chi connectivity index (χ0n) is 10.1. The second kappa shape index (κ2) is 5.47. The third-order valence-electron chi connectivity index (χ3n) is 2.63. The number of nitrogens with zero attached hydrogens (tertiary/aromatic N) is 3. The van der Waals surface area contributed by atoms with E-state index in [1.165, 1.54) is 6.20 Å². The average Bonchev–Trinajstić information content (AvgIpc) is 2.43. The highest BCUT2D eigenvalue weighted by Crippen LogP contribution is 2.28. The Morgan fingerprint density at radius 1 is 1.42 bits per heavy atom. The fourth-order valence-electron chi connectivity index (χ4n) is 1.76. The number of hydrogen-bond acceptors (Lipinski definition) is 3. The highest BCUT2D eigenvalue weighted by Gasteiger charge is 2.10. The van der Waals surface area contributed by atoms with Crippen molar-refractivity contribution in [3.63, 3.8) is 0 Å². The third kappa shape index (κ3) is 2.40. The van der Waals surface area contributed by atoms with Crippen LogP contribution in [0.3, 0.4) is 0 Å². The van der Waals surface area contributed by atoms with Gasteiger partial charge in [0, 0.05) is 17.1 Å². The van der Waals surface area contributed by atoms with Gasteiger partial charge in [-0.25, -0.2) is 9.97 Å². The molecule has 0 aliphatic heterocycles. The number of hydrogen-bond donors (Lipinski definition) is 0. The molecule has 2 heterocycles. The van der Waals surface area contributed by atoms with E-state index in [1.54, 1.807) is 30.4 Å². The summed E-state index contributed by atoms with van der Waals surface area (Å²) in [5.41, 5.74) is 2.46. The van der Waals surface area contributed by atoms with Crippen LogP contribution in [0, 0.1) is 11.3 Å². The molecular weight excluding hydrogens is 258 g/mol. The maximum atomic E-state index is 9.07. The number of halogens is 1. The lowest BCUT2D eigenvalue weighted by molar-refractivity contribution is 1.27. The van der Waals surface area contributed by atoms with E-state index in [9.17, 15) is 0 Å². The molecule has 0 saturated heterocycles. The highest BCUT2D eigenvalue weighted by molar-refractivity contribution is 6.31. The number of fused-ring (bicyclic) bond motifs is 1. The molecule has 0 saturated carbocycles. The van der Waals surface area contributed by atoms with Gasteiger partial charge in [0.25, 0.3) is 0 Å². The summed E-state index contributed by atoms with van der Waals surface area (Å²) in [5, 5.41) is 10.1. The van der Waals surface area contributed by atoms with Crippen LogP contribution in [-0.4, -0.2) is 9.97 Å². The largest absolute Gasteiger partial charge is 0.245 e. The summed E-state index contributed by atoms with van der Waals surface area (Å²) in [7, 11) is 0. The second-order valence-corrected chi connectivity index (χ2v) is 4.08. The molecule has 0 radical (unpaired) electrons. The average molecular weight is 268 g/mol. The first-order valence-electron chi connectivity index (χ1n) is 5.52. The van der Waals surface area contributed by atoms with Gasteiger partial charge in [-0.05, 0) is 17.7 Å². The van der Waals surface area contributed by atoms with E-state index >= 15 is 0 Å². The number of pyridine rings is 2. The Kier molecular flexibility index (Phi) is 3.74. The van der Waals surface area contributed by atoms with Crippen LogP contribution in [-0.2, 0) is 0 Å². The van der Waals surface area contributed by atoms with E-state index in [0.717, 1.165) is 5.57 Å². The first kappa shape index (κ1) is 13.0. The van der Waals surface area contributed by atoms with Crippen LogP contribution < -0.4 is 0 Å². The molecule has 0 aromatic carbocycles. The van der Waals surface area contributed by atoms with Crippen molar-refractivity contribution < 1.29 is 0 Å². The van der Waals surface area contributed by atoms with Crippen molar-refractivity contribution in [2.45, 2.75) is 0 Å². The lowest BCUT2D eigenvalue weighted by atomic mass is 10.0. The van der Waals surface area contributed by atoms with Gasteiger partial charge in [-0.2, -0.15) is 5.26 Å². The van der Waals surface area contributed by atoms with Crippen LogP contribution in [0.25, 0.3) is 16.5 Å². The molecule has 0 N–H and O–H groups in total. The molecule has 3 nitrogen and oxygen atoms in total. The molecule has 0 aliphatic rings. The highest BCUT2D eigenvalue weighted by atomic mass is 35.5. The minimum Gasteiger partial charge on any atom is -0.245 e. The van der Waals surface area contributed by atoms with Gasteiger partial charge in [0.2, 0.25) is 0 Å². The first-order valence-corrected chi connectivity index (χ1v) is 5.90. The van der Waals surface area contributed by atoms with Gasteiger partial charge >= 0.3 is 0 Å². The molecular formula is C15H10ClN3. The van der Waals surface area contributed by atoms with Gasteiger partial charge in [-0.3, -0.25) is 0 Å². The molecule has 19 heavy (non-hydrogen) atoms. The molecule has 0 fully saturated rings. The number of allylic oxidation sites excluding steroid dienone is 4. The maximum absolute atomic E-state index is 9.07. The van der Waals surface area contributed by atoms with E-state index in [4.69, 9.17) is 16.9 Å². The van der Waals surface area contributed by atoms with Crippen LogP contribution in [0.15, 0.2) is 49.7 Å². The number of rotatable bonds is 3. The summed E-state index contributed by atoms with van der Waals surface area (Å²) in [6, 6.07) is 5.56. The van der Waals surface area contributed by atoms with Crippen LogP contribution in [0.5, 0.6) is 0 Å². The Hall–Kier alpha value is -2.44. The van der Waals surface area contributed by atoms with E-state index in [-0.39, 0.29) is 0 Å². The van der Waals surface area contributed by atoms with Crippen molar-refractivity contribution in [1.82, 2.24) is 9.97 Å². The van der Waals surface area contributed by atoms with E-state index in [0.29, 0.717) is 27.3 Å². The van der Waals surface area contributed by atoms with Gasteiger partial charge in [-0.15, -0.1) is 0 Å². The minimum atomic E-state index is 0.324. The van der Waals surface area contributed by atoms with Crippen molar-refractivity contribution >= 4 is 28.1 Å². The Labute approximate surface area is 116 Å². The third-order valence-corrected chi connectivity index (χ3v) is 2.92. The normalized spacial score (nSPS) is 11.1. The molecule has 0 bridgehead atoms. The monoisotopic (exact) mass is 267 g/mol. The quantitative estimate of drug-likeness (QED) is 0.626. The number of nitriles is 1. The van der Waals surface area contributed by atoms with Gasteiger partial charge < -0.3 is 0 Å². The Balaban J connectivity index is 2.80. The molecule has 0 amide bonds. The molecule has 2 aromatic heterocycles. The lowest BCUT2D eigenvalue weighted by Gasteiger charge is -2.07. The smallest absolute Gasteiger partial charge is 0.149 e. The fourth-order valence-corrected chi connectivity index (χ4v) is 2.01. The molecule has 0 atom stereocenters. The summed E-state index contributed by atoms with van der Waals surface area (Å²) < 4.78 is 0. The van der Waals surface area contributed by atoms with Gasteiger partial charge in [-0.1, -0.05) is 43.0 Å². The zero-order chi connectivity index (χ0) is 13.8. The van der Waals surface area contributed by atoms with E-state index in [1.807, 2.05) is 6.07 Å². The molecule has 2 aromatic rings. The standard InChI is InChI=1S/C15H10ClN3/c1-3-5-10(4-2)11-8-12-13(19-15(11)16)6-7-18-14(12)9-17/h3-8H,1-2H2/b10-5+. The fraction of sp³-hybridized carbons (Fsp3) is 0. The Morgan fingerprint density at radius 2 is 2.21 bits per heavy atom. The van der Waals surface area contributed by atoms with Gasteiger partial charge in [0.1, 0.15) is 16.9 Å². The molecule has 0 spiro atoms. The molecule has 0 aliphatic carbocycles. The van der Waals surface area contributed by atoms with Crippen LogP contribution in [0.4, 0.5) is 0 Å². The molecule has 0 unspecified atom stereocenters. The number of aromatic nitrogens is 2. The molecule has 92 valence electrons. The summed E-state index contributed by atoms with van der Waals surface area (Å²) >= 11 is 6.17. The van der Waals surface area contributed by atoms with Gasteiger partial charge in [0.15, 0.2) is 0 Å². The van der Waals surface area contributed by atoms with Crippen LogP contribution >= 0.6 is 11.6 Å². The maximum Gasteiger partial charge on any atom is 0.149 e. The summed E-state index contributed by atoms with van der Waals surface area (Å²) in [4.78, 5) is 8.30. The molecule has 2 rings (SSSR count). The minimum absolute atomic E-state index is 0.324. The van der Waals surface area contributed by atoms with Crippen molar-refractivity contribution in [2.24, 2.45) is 0 Å². The Bertz CT molecular complexity index is 739. The summed E-state index contributed by atoms with van der Waals surface area (Å²) in [5.74, 6) is 0. The van der Waals surface area contributed by atoms with Gasteiger partial charge in [0.05, 0.1) is 5.52 Å². The summed E-state index contributed by atoms with van der Waals surface area (Å²) in [6.07, 6.45) is 6.63. The second-order valence-electron chi connectivity index (χ2n) is 3.73. The van der Waals surface area contributed by atoms with Crippen LogP contribution in [0.2, 0.25) is 5.15 Å². The van der Waals surface area contributed by atoms with E-state index < -0.39 is 0 Å². The van der Waals surface area contributed by atoms with E-state index in [2.05, 4.69) is 23.1 Å². The predicted octanol–water partition coefficient (Wildman–Crippen LogP) is 3.91. The zero-order valence-corrected chi connectivity index (χ0v) is 10.9. The Morgan fingerprint density at radius 3 is 2.84 bits per heavy atom. The van der Waals surface area contributed by atoms with Crippen molar-refractivity contribution in [2.75, 3.05) is 0 Å². The van der Waals surface area contributed by atoms with Crippen molar-refractivity contribution in [3.05, 3.63) is 66.1 Å². The van der Waals surface area contributed by atoms with Crippen molar-refractivity contribution in [1.29, 1.82) is 5.26 Å². The first-order chi connectivity index (χ1) is 9.21. The lowest BCUT2D eigenvalue weighted by Crippen LogP contribution is -1.92. The topological polar surface area (TPSA) is 49.6 Å². The van der Waals surface area contributed by atoms with Crippen molar-refractivity contribution in [3.8, 4) is 6.07 Å². The van der Waals surface area contributed by atoms with Crippen LogP contribution in [0.1, 0.15) is 11.3 Å². The summed E-state index contributed by atoms with van der Waals surface area (Å²) in [6.45, 7) is 7.38. The molecule has 4 heteroatoms.